The summed E-state index contributed by atoms with van der Waals surface area (Å²) in [4.78, 5) is 1.45. The van der Waals surface area contributed by atoms with Gasteiger partial charge in [0.2, 0.25) is 0 Å². The summed E-state index contributed by atoms with van der Waals surface area (Å²) in [5, 5.41) is 0. The lowest BCUT2D eigenvalue weighted by Gasteiger charge is -2.06. The first-order valence-corrected chi connectivity index (χ1v) is 9.90. The van der Waals surface area contributed by atoms with Gasteiger partial charge >= 0.3 is 0 Å². The molecule has 0 fully saturated rings. The zero-order chi connectivity index (χ0) is 13.7. The number of rotatable bonds is 5. The maximum atomic E-state index is 12.3. The minimum absolute atomic E-state index is 0.0415. The summed E-state index contributed by atoms with van der Waals surface area (Å²) in [5.41, 5.74) is 0.822. The van der Waals surface area contributed by atoms with Gasteiger partial charge in [-0.05, 0) is 36.1 Å². The van der Waals surface area contributed by atoms with E-state index in [1.54, 1.807) is 45.9 Å². The Kier molecular flexibility index (Phi) is 4.96. The van der Waals surface area contributed by atoms with Gasteiger partial charge in [-0.1, -0.05) is 51.9 Å². The summed E-state index contributed by atoms with van der Waals surface area (Å²) in [6.07, 6.45) is 2.00. The molecule has 2 rings (SSSR count). The molecular weight excluding hydrogens is 296 g/mol. The van der Waals surface area contributed by atoms with Gasteiger partial charge < -0.3 is 0 Å². The lowest BCUT2D eigenvalue weighted by atomic mass is 10.2. The molecule has 0 radical (unpaired) electrons. The average molecular weight is 310 g/mol. The summed E-state index contributed by atoms with van der Waals surface area (Å²) in [6.45, 7) is 0. The molecule has 0 N–H and O–H groups in total. The second-order valence-electron chi connectivity index (χ2n) is 3.97. The molecule has 0 aliphatic rings. The van der Waals surface area contributed by atoms with E-state index in [0.29, 0.717) is 4.90 Å². The summed E-state index contributed by atoms with van der Waals surface area (Å²) in [5.74, 6) is 0.0415. The van der Waals surface area contributed by atoms with E-state index in [0.717, 1.165) is 10.5 Å². The van der Waals surface area contributed by atoms with Crippen LogP contribution in [0.4, 0.5) is 0 Å². The fraction of sp³-hybridized carbons (Fsp3) is 0.143. The second kappa shape index (κ2) is 6.50. The van der Waals surface area contributed by atoms with E-state index < -0.39 is 9.84 Å². The lowest BCUT2D eigenvalue weighted by Crippen LogP contribution is -2.04. The molecule has 0 aromatic heterocycles. The highest BCUT2D eigenvalue weighted by Crippen LogP contribution is 2.29. The molecule has 5 heteroatoms. The van der Waals surface area contributed by atoms with Crippen LogP contribution < -0.4 is 0 Å². The minimum atomic E-state index is -3.26. The van der Waals surface area contributed by atoms with Crippen LogP contribution in [0.3, 0.4) is 0 Å². The SMILES string of the molecule is CSSc1cccc(CS(=O)(=O)c2ccccc2)c1. The molecule has 2 nitrogen and oxygen atoms in total. The van der Waals surface area contributed by atoms with Gasteiger partial charge in [-0.2, -0.15) is 0 Å². The molecule has 100 valence electrons. The molecule has 0 bridgehead atoms. The third-order valence-electron chi connectivity index (χ3n) is 2.54. The Labute approximate surface area is 121 Å². The van der Waals surface area contributed by atoms with E-state index in [-0.39, 0.29) is 5.75 Å². The molecular formula is C14H14O2S3. The van der Waals surface area contributed by atoms with Crippen molar-refractivity contribution in [1.82, 2.24) is 0 Å². The highest BCUT2D eigenvalue weighted by atomic mass is 33.1. The van der Waals surface area contributed by atoms with Crippen LogP contribution in [0.15, 0.2) is 64.4 Å². The van der Waals surface area contributed by atoms with E-state index in [1.807, 2.05) is 36.6 Å². The van der Waals surface area contributed by atoms with Crippen LogP contribution in [0.5, 0.6) is 0 Å². The van der Waals surface area contributed by atoms with Crippen LogP contribution in [0.1, 0.15) is 5.56 Å². The Hall–Kier alpha value is -0.910. The maximum Gasteiger partial charge on any atom is 0.182 e. The molecule has 2 aromatic carbocycles. The standard InChI is InChI=1S/C14H14O2S3/c1-17-18-13-7-5-6-12(10-13)11-19(15,16)14-8-3-2-4-9-14/h2-10H,11H2,1H3. The zero-order valence-corrected chi connectivity index (χ0v) is 12.9. The van der Waals surface area contributed by atoms with Crippen molar-refractivity contribution >= 4 is 31.4 Å². The number of hydrogen-bond donors (Lipinski definition) is 0. The first-order valence-electron chi connectivity index (χ1n) is 5.69. The first kappa shape index (κ1) is 14.5. The monoisotopic (exact) mass is 310 g/mol. The van der Waals surface area contributed by atoms with Gasteiger partial charge in [0, 0.05) is 4.90 Å². The third kappa shape index (κ3) is 4.03. The van der Waals surface area contributed by atoms with Gasteiger partial charge in [-0.15, -0.1) is 0 Å². The Morgan fingerprint density at radius 2 is 1.74 bits per heavy atom. The van der Waals surface area contributed by atoms with Gasteiger partial charge in [0.05, 0.1) is 10.6 Å². The summed E-state index contributed by atoms with van der Waals surface area (Å²) in [6, 6.07) is 16.2. The highest BCUT2D eigenvalue weighted by Gasteiger charge is 2.14. The molecule has 0 unspecified atom stereocenters. The molecule has 0 aliphatic carbocycles. The largest absolute Gasteiger partial charge is 0.223 e. The molecule has 0 saturated heterocycles. The minimum Gasteiger partial charge on any atom is -0.223 e. The van der Waals surface area contributed by atoms with Crippen LogP contribution in [0.2, 0.25) is 0 Å². The smallest absolute Gasteiger partial charge is 0.182 e. The Balaban J connectivity index is 2.23. The number of sulfone groups is 1. The van der Waals surface area contributed by atoms with E-state index in [1.165, 1.54) is 0 Å². The van der Waals surface area contributed by atoms with E-state index >= 15 is 0 Å². The van der Waals surface area contributed by atoms with Gasteiger partial charge in [0.25, 0.3) is 0 Å². The molecule has 0 saturated carbocycles. The third-order valence-corrected chi connectivity index (χ3v) is 5.93. The van der Waals surface area contributed by atoms with Gasteiger partial charge in [0.15, 0.2) is 9.84 Å². The molecule has 0 atom stereocenters. The second-order valence-corrected chi connectivity index (χ2v) is 8.43. The van der Waals surface area contributed by atoms with Crippen molar-refractivity contribution < 1.29 is 8.42 Å². The van der Waals surface area contributed by atoms with Crippen molar-refractivity contribution in [2.75, 3.05) is 6.26 Å². The first-order chi connectivity index (χ1) is 9.12. The Morgan fingerprint density at radius 1 is 1.00 bits per heavy atom. The zero-order valence-electron chi connectivity index (χ0n) is 10.4. The topological polar surface area (TPSA) is 34.1 Å². The van der Waals surface area contributed by atoms with Crippen LogP contribution in [0, 0.1) is 0 Å². The van der Waals surface area contributed by atoms with Crippen molar-refractivity contribution in [1.29, 1.82) is 0 Å². The number of benzene rings is 2. The summed E-state index contributed by atoms with van der Waals surface area (Å²) < 4.78 is 24.5. The van der Waals surface area contributed by atoms with E-state index in [9.17, 15) is 8.42 Å². The molecule has 19 heavy (non-hydrogen) atoms. The normalized spacial score (nSPS) is 11.4. The van der Waals surface area contributed by atoms with Crippen LogP contribution in [-0.4, -0.2) is 14.7 Å². The van der Waals surface area contributed by atoms with Gasteiger partial charge in [-0.3, -0.25) is 0 Å². The van der Waals surface area contributed by atoms with E-state index in [2.05, 4.69) is 0 Å². The van der Waals surface area contributed by atoms with Crippen molar-refractivity contribution in [2.45, 2.75) is 15.5 Å². The van der Waals surface area contributed by atoms with E-state index in [4.69, 9.17) is 0 Å². The molecule has 0 amide bonds. The van der Waals surface area contributed by atoms with Gasteiger partial charge in [-0.25, -0.2) is 8.42 Å². The quantitative estimate of drug-likeness (QED) is 0.781. The number of hydrogen-bond acceptors (Lipinski definition) is 4. The predicted octanol–water partition coefficient (Wildman–Crippen LogP) is 4.03. The molecule has 0 aliphatic heterocycles. The predicted molar refractivity (Wildman–Crippen MR) is 83.1 cm³/mol. The Morgan fingerprint density at radius 3 is 2.42 bits per heavy atom. The highest BCUT2D eigenvalue weighted by molar-refractivity contribution is 8.76. The fourth-order valence-corrected chi connectivity index (χ4v) is 4.49. The van der Waals surface area contributed by atoms with Crippen molar-refractivity contribution in [2.24, 2.45) is 0 Å². The lowest BCUT2D eigenvalue weighted by molar-refractivity contribution is 0.595. The Bertz CT molecular complexity index is 637. The van der Waals surface area contributed by atoms with Crippen LogP contribution in [-0.2, 0) is 15.6 Å². The van der Waals surface area contributed by atoms with Crippen molar-refractivity contribution in [3.8, 4) is 0 Å². The molecule has 0 heterocycles. The van der Waals surface area contributed by atoms with Crippen molar-refractivity contribution in [3.63, 3.8) is 0 Å². The van der Waals surface area contributed by atoms with Crippen LogP contribution >= 0.6 is 21.6 Å². The molecule has 2 aromatic rings. The average Bonchev–Trinajstić information content (AvgIpc) is 2.40. The van der Waals surface area contributed by atoms with Crippen LogP contribution in [0.25, 0.3) is 0 Å². The maximum absolute atomic E-state index is 12.3. The summed E-state index contributed by atoms with van der Waals surface area (Å²) in [7, 11) is 0.0170. The van der Waals surface area contributed by atoms with Gasteiger partial charge in [0.1, 0.15) is 0 Å². The summed E-state index contributed by atoms with van der Waals surface area (Å²) >= 11 is 0. The molecule has 0 spiro atoms. The van der Waals surface area contributed by atoms with Crippen molar-refractivity contribution in [3.05, 3.63) is 60.2 Å². The fourth-order valence-electron chi connectivity index (χ4n) is 1.71.